The Bertz CT molecular complexity index is 2830. The third-order valence-corrected chi connectivity index (χ3v) is 10.6. The second kappa shape index (κ2) is 10.3. The van der Waals surface area contributed by atoms with Gasteiger partial charge in [-0.05, 0) is 106 Å². The zero-order chi connectivity index (χ0) is 32.9. The molecule has 1 aliphatic heterocycles. The quantitative estimate of drug-likeness (QED) is 0.174. The zero-order valence-corrected chi connectivity index (χ0v) is 27.8. The first-order chi connectivity index (χ1) is 23.9. The van der Waals surface area contributed by atoms with Crippen LogP contribution in [-0.2, 0) is 5.41 Å². The van der Waals surface area contributed by atoms with Crippen molar-refractivity contribution in [1.29, 1.82) is 0 Å². The predicted molar refractivity (Wildman–Crippen MR) is 209 cm³/mol. The van der Waals surface area contributed by atoms with E-state index in [0.717, 1.165) is 28.2 Å². The van der Waals surface area contributed by atoms with Gasteiger partial charge in [0.25, 0.3) is 0 Å². The van der Waals surface area contributed by atoms with Crippen LogP contribution in [-0.4, -0.2) is 0 Å². The average molecular weight is 627 g/mol. The summed E-state index contributed by atoms with van der Waals surface area (Å²) < 4.78 is 6.82. The molecule has 9 aromatic carbocycles. The van der Waals surface area contributed by atoms with E-state index in [2.05, 4.69) is 172 Å². The van der Waals surface area contributed by atoms with E-state index in [1.165, 1.54) is 76.1 Å². The Morgan fingerprint density at radius 2 is 1.04 bits per heavy atom. The highest BCUT2D eigenvalue weighted by Gasteiger charge is 2.26. The highest BCUT2D eigenvalue weighted by Crippen LogP contribution is 2.53. The third kappa shape index (κ3) is 4.32. The Hall–Kier alpha value is -5.92. The second-order valence-electron chi connectivity index (χ2n) is 14.5. The molecule has 232 valence electrons. The van der Waals surface area contributed by atoms with Crippen molar-refractivity contribution in [3.8, 4) is 44.9 Å². The van der Waals surface area contributed by atoms with Gasteiger partial charge >= 0.3 is 0 Å². The molecule has 9 aromatic rings. The molecule has 0 fully saturated rings. The SMILES string of the molecule is CC(C)(C)c1ccc2c(ccc3ccc(-c4ccc5cc(-c6c7c8c(cccc8c8ccccc68)-c6ccccc6O7)ccc5c4)cc32)c1. The summed E-state index contributed by atoms with van der Waals surface area (Å²) in [5.41, 5.74) is 8.62. The Balaban J connectivity index is 1.12. The Labute approximate surface area is 286 Å². The van der Waals surface area contributed by atoms with Crippen LogP contribution >= 0.6 is 0 Å². The number of ether oxygens (including phenoxy) is 1. The van der Waals surface area contributed by atoms with Gasteiger partial charge < -0.3 is 4.74 Å². The van der Waals surface area contributed by atoms with E-state index < -0.39 is 0 Å². The predicted octanol–water partition coefficient (Wildman–Crippen LogP) is 13.9. The summed E-state index contributed by atoms with van der Waals surface area (Å²) in [4.78, 5) is 0. The second-order valence-corrected chi connectivity index (χ2v) is 14.5. The number of fused-ring (bicyclic) bond motifs is 8. The smallest absolute Gasteiger partial charge is 0.144 e. The van der Waals surface area contributed by atoms with Gasteiger partial charge in [0.05, 0.1) is 0 Å². The normalized spacial score (nSPS) is 12.6. The molecule has 0 unspecified atom stereocenters. The maximum Gasteiger partial charge on any atom is 0.144 e. The van der Waals surface area contributed by atoms with E-state index in [9.17, 15) is 0 Å². The highest BCUT2D eigenvalue weighted by molar-refractivity contribution is 6.22. The number of rotatable bonds is 2. The Morgan fingerprint density at radius 3 is 1.88 bits per heavy atom. The molecule has 0 spiro atoms. The number of para-hydroxylation sites is 1. The minimum atomic E-state index is 0.121. The van der Waals surface area contributed by atoms with E-state index in [-0.39, 0.29) is 5.41 Å². The molecule has 49 heavy (non-hydrogen) atoms. The van der Waals surface area contributed by atoms with Crippen LogP contribution in [0.2, 0.25) is 0 Å². The van der Waals surface area contributed by atoms with Gasteiger partial charge in [-0.2, -0.15) is 0 Å². The number of hydrogen-bond donors (Lipinski definition) is 0. The highest BCUT2D eigenvalue weighted by atomic mass is 16.5. The first-order valence-electron chi connectivity index (χ1n) is 17.2. The van der Waals surface area contributed by atoms with Crippen LogP contribution in [0.1, 0.15) is 26.3 Å². The third-order valence-electron chi connectivity index (χ3n) is 10.6. The fourth-order valence-electron chi connectivity index (χ4n) is 7.99. The lowest BCUT2D eigenvalue weighted by Gasteiger charge is -2.25. The molecule has 10 rings (SSSR count). The van der Waals surface area contributed by atoms with Crippen molar-refractivity contribution >= 4 is 53.9 Å². The standard InChI is InChI=1S/C48H34O/c1-48(2,3)36-23-24-37-34(27-36)21-16-29-15-17-33(28-43(29)37)31-18-19-32-26-35(22-20-30(32)25-31)45-40-11-5-4-9-38(40)41-12-8-13-42-39-10-6-7-14-44(39)49-47(45)46(41)42/h4-28H,1-3H3. The van der Waals surface area contributed by atoms with Crippen molar-refractivity contribution in [2.75, 3.05) is 0 Å². The maximum atomic E-state index is 6.82. The molecule has 0 radical (unpaired) electrons. The summed E-state index contributed by atoms with van der Waals surface area (Å²) in [6, 6.07) is 55.8. The molecule has 0 amide bonds. The molecule has 0 atom stereocenters. The van der Waals surface area contributed by atoms with Crippen molar-refractivity contribution < 1.29 is 4.74 Å². The van der Waals surface area contributed by atoms with Crippen LogP contribution in [0.3, 0.4) is 0 Å². The van der Waals surface area contributed by atoms with Crippen molar-refractivity contribution in [3.63, 3.8) is 0 Å². The minimum absolute atomic E-state index is 0.121. The van der Waals surface area contributed by atoms with Gasteiger partial charge in [0.2, 0.25) is 0 Å². The molecule has 0 N–H and O–H groups in total. The van der Waals surface area contributed by atoms with Crippen LogP contribution in [0.5, 0.6) is 11.5 Å². The topological polar surface area (TPSA) is 9.23 Å². The molecular weight excluding hydrogens is 593 g/mol. The van der Waals surface area contributed by atoms with E-state index in [1.807, 2.05) is 0 Å². The summed E-state index contributed by atoms with van der Waals surface area (Å²) in [5, 5.41) is 12.5. The molecule has 0 saturated carbocycles. The first-order valence-corrected chi connectivity index (χ1v) is 17.2. The molecule has 1 nitrogen and oxygen atoms in total. The molecule has 0 aromatic heterocycles. The van der Waals surface area contributed by atoms with Gasteiger partial charge in [-0.1, -0.05) is 148 Å². The molecule has 0 aliphatic carbocycles. The van der Waals surface area contributed by atoms with Crippen LogP contribution in [0.4, 0.5) is 0 Å². The first kappa shape index (κ1) is 28.1. The van der Waals surface area contributed by atoms with Gasteiger partial charge in [-0.3, -0.25) is 0 Å². The van der Waals surface area contributed by atoms with Crippen LogP contribution in [0.25, 0.3) is 87.2 Å². The monoisotopic (exact) mass is 626 g/mol. The molecule has 1 heteroatoms. The number of hydrogen-bond acceptors (Lipinski definition) is 1. The maximum absolute atomic E-state index is 6.82. The molecule has 1 aliphatic rings. The largest absolute Gasteiger partial charge is 0.455 e. The van der Waals surface area contributed by atoms with E-state index in [1.54, 1.807) is 0 Å². The number of benzene rings is 9. The van der Waals surface area contributed by atoms with Crippen molar-refractivity contribution in [1.82, 2.24) is 0 Å². The Morgan fingerprint density at radius 1 is 0.408 bits per heavy atom. The van der Waals surface area contributed by atoms with Gasteiger partial charge in [-0.15, -0.1) is 0 Å². The van der Waals surface area contributed by atoms with E-state index in [0.29, 0.717) is 0 Å². The van der Waals surface area contributed by atoms with Gasteiger partial charge in [0.1, 0.15) is 11.5 Å². The van der Waals surface area contributed by atoms with Crippen LogP contribution < -0.4 is 4.74 Å². The summed E-state index contributed by atoms with van der Waals surface area (Å²) in [7, 11) is 0. The van der Waals surface area contributed by atoms with E-state index >= 15 is 0 Å². The van der Waals surface area contributed by atoms with Crippen molar-refractivity contribution in [2.45, 2.75) is 26.2 Å². The lowest BCUT2D eigenvalue weighted by molar-refractivity contribution is 0.489. The van der Waals surface area contributed by atoms with Crippen LogP contribution in [0.15, 0.2) is 152 Å². The zero-order valence-electron chi connectivity index (χ0n) is 27.8. The summed E-state index contributed by atoms with van der Waals surface area (Å²) in [6.07, 6.45) is 0. The molecule has 0 saturated heterocycles. The van der Waals surface area contributed by atoms with Crippen molar-refractivity contribution in [2.24, 2.45) is 0 Å². The average Bonchev–Trinajstić information content (AvgIpc) is 3.14. The molecule has 1 heterocycles. The summed E-state index contributed by atoms with van der Waals surface area (Å²) >= 11 is 0. The minimum Gasteiger partial charge on any atom is -0.455 e. The fraction of sp³-hybridized carbons (Fsp3) is 0.0833. The van der Waals surface area contributed by atoms with Gasteiger partial charge in [0, 0.05) is 16.5 Å². The molecule has 0 bridgehead atoms. The summed E-state index contributed by atoms with van der Waals surface area (Å²) in [5.74, 6) is 1.85. The van der Waals surface area contributed by atoms with E-state index in [4.69, 9.17) is 4.74 Å². The lowest BCUT2D eigenvalue weighted by Crippen LogP contribution is -2.10. The lowest BCUT2D eigenvalue weighted by atomic mass is 9.85. The fourth-order valence-corrected chi connectivity index (χ4v) is 7.99. The summed E-state index contributed by atoms with van der Waals surface area (Å²) in [6.45, 7) is 6.83. The van der Waals surface area contributed by atoms with Crippen molar-refractivity contribution in [3.05, 3.63) is 157 Å². The molecular formula is C48H34O. The van der Waals surface area contributed by atoms with Crippen LogP contribution in [0, 0.1) is 0 Å². The Kier molecular flexibility index (Phi) is 5.91. The van der Waals surface area contributed by atoms with Gasteiger partial charge in [0.15, 0.2) is 0 Å². The van der Waals surface area contributed by atoms with Gasteiger partial charge in [-0.25, -0.2) is 0 Å².